The van der Waals surface area contributed by atoms with E-state index in [0.717, 1.165) is 19.3 Å². The SMILES string of the molecule is CC(=O)Nc1ccc(S(=O)(=O)Oc2ccc(Cl)cc2CN(Cc2ccco2)C(=O)C2CCC2)cc1. The molecule has 35 heavy (non-hydrogen) atoms. The summed E-state index contributed by atoms with van der Waals surface area (Å²) < 4.78 is 36.9. The Hall–Kier alpha value is -3.30. The van der Waals surface area contributed by atoms with E-state index in [2.05, 4.69) is 5.32 Å². The van der Waals surface area contributed by atoms with Gasteiger partial charge in [-0.1, -0.05) is 18.0 Å². The molecule has 0 saturated heterocycles. The molecule has 2 aromatic carbocycles. The molecule has 1 aliphatic rings. The van der Waals surface area contributed by atoms with Gasteiger partial charge >= 0.3 is 10.1 Å². The van der Waals surface area contributed by atoms with Gasteiger partial charge in [-0.3, -0.25) is 9.59 Å². The quantitative estimate of drug-likeness (QED) is 0.402. The van der Waals surface area contributed by atoms with Crippen LogP contribution in [-0.4, -0.2) is 25.1 Å². The number of nitrogens with zero attached hydrogens (tertiary/aromatic N) is 1. The number of rotatable bonds is 9. The average molecular weight is 517 g/mol. The van der Waals surface area contributed by atoms with E-state index >= 15 is 0 Å². The number of carbonyl (C=O) groups is 2. The van der Waals surface area contributed by atoms with E-state index in [-0.39, 0.29) is 41.5 Å². The van der Waals surface area contributed by atoms with Gasteiger partial charge < -0.3 is 18.8 Å². The second kappa shape index (κ2) is 10.5. The van der Waals surface area contributed by atoms with E-state index in [1.807, 2.05) is 0 Å². The minimum Gasteiger partial charge on any atom is -0.467 e. The first-order chi connectivity index (χ1) is 16.7. The summed E-state index contributed by atoms with van der Waals surface area (Å²) >= 11 is 6.21. The Morgan fingerprint density at radius 1 is 1.11 bits per heavy atom. The molecular weight excluding hydrogens is 492 g/mol. The number of halogens is 1. The molecule has 4 rings (SSSR count). The number of anilines is 1. The molecule has 0 unspecified atom stereocenters. The lowest BCUT2D eigenvalue weighted by Gasteiger charge is -2.31. The lowest BCUT2D eigenvalue weighted by atomic mass is 9.84. The molecule has 1 aliphatic carbocycles. The predicted molar refractivity (Wildman–Crippen MR) is 130 cm³/mol. The van der Waals surface area contributed by atoms with E-state index in [1.165, 1.54) is 43.3 Å². The lowest BCUT2D eigenvalue weighted by Crippen LogP contribution is -2.38. The maximum atomic E-state index is 13.1. The summed E-state index contributed by atoms with van der Waals surface area (Å²) in [6.07, 6.45) is 4.21. The van der Waals surface area contributed by atoms with Crippen molar-refractivity contribution >= 4 is 39.2 Å². The summed E-state index contributed by atoms with van der Waals surface area (Å²) in [4.78, 5) is 25.9. The number of furan rings is 1. The summed E-state index contributed by atoms with van der Waals surface area (Å²) in [6, 6.07) is 13.8. The molecule has 1 N–H and O–H groups in total. The fraction of sp³-hybridized carbons (Fsp3) is 0.280. The monoisotopic (exact) mass is 516 g/mol. The Morgan fingerprint density at radius 3 is 2.46 bits per heavy atom. The molecule has 0 radical (unpaired) electrons. The molecule has 0 aliphatic heterocycles. The molecule has 0 atom stereocenters. The smallest absolute Gasteiger partial charge is 0.339 e. The van der Waals surface area contributed by atoms with Crippen molar-refractivity contribution < 1.29 is 26.6 Å². The number of nitrogens with one attached hydrogen (secondary N) is 1. The standard InChI is InChI=1S/C25H25ClN2O6S/c1-17(29)27-21-8-10-23(11-9-21)35(31,32)34-24-12-7-20(26)14-19(24)15-28(16-22-6-3-13-33-22)25(30)18-4-2-5-18/h3,6-14,18H,2,4-5,15-16H2,1H3,(H,27,29). The highest BCUT2D eigenvalue weighted by Crippen LogP contribution is 2.32. The predicted octanol–water partition coefficient (Wildman–Crippen LogP) is 4.99. The van der Waals surface area contributed by atoms with Crippen molar-refractivity contribution in [1.82, 2.24) is 4.90 Å². The highest BCUT2D eigenvalue weighted by Gasteiger charge is 2.31. The molecule has 10 heteroatoms. The first kappa shape index (κ1) is 24.8. The molecule has 0 spiro atoms. The molecule has 1 saturated carbocycles. The van der Waals surface area contributed by atoms with Gasteiger partial charge in [-0.15, -0.1) is 0 Å². The van der Waals surface area contributed by atoms with Gasteiger partial charge in [0.25, 0.3) is 0 Å². The summed E-state index contributed by atoms with van der Waals surface area (Å²) in [6.45, 7) is 1.70. The van der Waals surface area contributed by atoms with Crippen LogP contribution >= 0.6 is 11.6 Å². The van der Waals surface area contributed by atoms with E-state index in [9.17, 15) is 18.0 Å². The van der Waals surface area contributed by atoms with Crippen molar-refractivity contribution in [2.24, 2.45) is 5.92 Å². The van der Waals surface area contributed by atoms with E-state index in [0.29, 0.717) is 22.0 Å². The van der Waals surface area contributed by atoms with Gasteiger partial charge in [-0.05, 0) is 67.4 Å². The summed E-state index contributed by atoms with van der Waals surface area (Å²) in [5.74, 6) is 0.354. The summed E-state index contributed by atoms with van der Waals surface area (Å²) in [5.41, 5.74) is 0.918. The lowest BCUT2D eigenvalue weighted by molar-refractivity contribution is -0.139. The summed E-state index contributed by atoms with van der Waals surface area (Å²) in [5, 5.41) is 2.97. The summed E-state index contributed by atoms with van der Waals surface area (Å²) in [7, 11) is -4.19. The minimum atomic E-state index is -4.19. The first-order valence-corrected chi connectivity index (χ1v) is 12.9. The molecule has 1 heterocycles. The Balaban J connectivity index is 1.58. The fourth-order valence-electron chi connectivity index (χ4n) is 3.75. The van der Waals surface area contributed by atoms with Gasteiger partial charge in [0.15, 0.2) is 0 Å². The van der Waals surface area contributed by atoms with Crippen molar-refractivity contribution in [1.29, 1.82) is 0 Å². The van der Waals surface area contributed by atoms with E-state index in [4.69, 9.17) is 20.2 Å². The van der Waals surface area contributed by atoms with Crippen LogP contribution in [-0.2, 0) is 32.8 Å². The molecule has 8 nitrogen and oxygen atoms in total. The maximum Gasteiger partial charge on any atom is 0.339 e. The number of amides is 2. The van der Waals surface area contributed by atoms with Gasteiger partial charge in [-0.2, -0.15) is 8.42 Å². The van der Waals surface area contributed by atoms with Crippen molar-refractivity contribution in [3.63, 3.8) is 0 Å². The first-order valence-electron chi connectivity index (χ1n) is 11.1. The Labute approximate surface area is 209 Å². The normalized spacial score (nSPS) is 13.7. The van der Waals surface area contributed by atoms with Gasteiger partial charge in [0.2, 0.25) is 11.8 Å². The molecule has 2 amide bonds. The van der Waals surface area contributed by atoms with Crippen LogP contribution in [0.2, 0.25) is 5.02 Å². The van der Waals surface area contributed by atoms with Crippen LogP contribution in [0.15, 0.2) is 70.2 Å². The van der Waals surface area contributed by atoms with Crippen molar-refractivity contribution in [3.8, 4) is 5.75 Å². The Kier molecular flexibility index (Phi) is 7.47. The highest BCUT2D eigenvalue weighted by molar-refractivity contribution is 7.87. The van der Waals surface area contributed by atoms with Crippen LogP contribution < -0.4 is 9.50 Å². The third-order valence-corrected chi connectivity index (χ3v) is 7.22. The van der Waals surface area contributed by atoms with E-state index < -0.39 is 10.1 Å². The zero-order valence-electron chi connectivity index (χ0n) is 19.1. The van der Waals surface area contributed by atoms with Crippen molar-refractivity contribution in [3.05, 3.63) is 77.2 Å². The average Bonchev–Trinajstić information content (AvgIpc) is 3.27. The topological polar surface area (TPSA) is 106 Å². The van der Waals surface area contributed by atoms with Crippen LogP contribution in [0.25, 0.3) is 0 Å². The van der Waals surface area contributed by atoms with Crippen LogP contribution in [0.4, 0.5) is 5.69 Å². The molecule has 1 aromatic heterocycles. The van der Waals surface area contributed by atoms with E-state index in [1.54, 1.807) is 29.4 Å². The number of carbonyl (C=O) groups excluding carboxylic acids is 2. The molecule has 0 bridgehead atoms. The zero-order valence-corrected chi connectivity index (χ0v) is 20.6. The number of hydrogen-bond donors (Lipinski definition) is 1. The third-order valence-electron chi connectivity index (χ3n) is 5.74. The number of benzene rings is 2. The van der Waals surface area contributed by atoms with Gasteiger partial charge in [0.05, 0.1) is 12.8 Å². The van der Waals surface area contributed by atoms with Crippen molar-refractivity contribution in [2.75, 3.05) is 5.32 Å². The van der Waals surface area contributed by atoms with Crippen molar-refractivity contribution in [2.45, 2.75) is 44.2 Å². The molecular formula is C25H25ClN2O6S. The third kappa shape index (κ3) is 6.23. The second-order valence-electron chi connectivity index (χ2n) is 8.40. The van der Waals surface area contributed by atoms with Crippen LogP contribution in [0.5, 0.6) is 5.75 Å². The highest BCUT2D eigenvalue weighted by atomic mass is 35.5. The van der Waals surface area contributed by atoms with Gasteiger partial charge in [0, 0.05) is 35.7 Å². The van der Waals surface area contributed by atoms with Crippen LogP contribution in [0.3, 0.4) is 0 Å². The molecule has 184 valence electrons. The Morgan fingerprint density at radius 2 is 1.86 bits per heavy atom. The second-order valence-corrected chi connectivity index (χ2v) is 10.4. The maximum absolute atomic E-state index is 13.1. The molecule has 1 fully saturated rings. The van der Waals surface area contributed by atoms with Crippen LogP contribution in [0.1, 0.15) is 37.5 Å². The van der Waals surface area contributed by atoms with Crippen LogP contribution in [0, 0.1) is 5.92 Å². The Bertz CT molecular complexity index is 1300. The fourth-order valence-corrected chi connectivity index (χ4v) is 4.91. The van der Waals surface area contributed by atoms with Gasteiger partial charge in [0.1, 0.15) is 16.4 Å². The van der Waals surface area contributed by atoms with Gasteiger partial charge in [-0.25, -0.2) is 0 Å². The molecule has 3 aromatic rings. The zero-order chi connectivity index (χ0) is 25.0. The minimum absolute atomic E-state index is 0.0185. The largest absolute Gasteiger partial charge is 0.467 e. The number of hydrogen-bond acceptors (Lipinski definition) is 6.